The molecule has 6 nitrogen and oxygen atoms in total. The number of benzene rings is 1. The van der Waals surface area contributed by atoms with Crippen LogP contribution < -0.4 is 10.2 Å². The molecule has 130 valence electrons. The van der Waals surface area contributed by atoms with Crippen LogP contribution in [-0.2, 0) is 4.79 Å². The van der Waals surface area contributed by atoms with E-state index in [2.05, 4.69) is 10.2 Å². The Morgan fingerprint density at radius 3 is 2.58 bits per heavy atom. The minimum absolute atomic E-state index is 0.0378. The maximum Gasteiger partial charge on any atom is 0.317 e. The third-order valence-corrected chi connectivity index (χ3v) is 5.35. The van der Waals surface area contributed by atoms with Crippen molar-refractivity contribution in [3.63, 3.8) is 0 Å². The van der Waals surface area contributed by atoms with Gasteiger partial charge in [0.1, 0.15) is 0 Å². The van der Waals surface area contributed by atoms with Gasteiger partial charge in [-0.25, -0.2) is 4.79 Å². The van der Waals surface area contributed by atoms with Crippen LogP contribution in [0.4, 0.5) is 10.5 Å². The highest BCUT2D eigenvalue weighted by molar-refractivity contribution is 6.42. The molecule has 2 fully saturated rings. The first kappa shape index (κ1) is 17.2. The molecule has 1 aromatic carbocycles. The van der Waals surface area contributed by atoms with Gasteiger partial charge in [-0.1, -0.05) is 23.2 Å². The number of carbonyl (C=O) groups excluding carboxylic acids is 1. The molecule has 1 aromatic rings. The first-order chi connectivity index (χ1) is 11.4. The van der Waals surface area contributed by atoms with Crippen molar-refractivity contribution in [1.29, 1.82) is 0 Å². The molecule has 8 heteroatoms. The first-order valence-electron chi connectivity index (χ1n) is 7.92. The summed E-state index contributed by atoms with van der Waals surface area (Å²) < 4.78 is 0. The molecule has 2 atom stereocenters. The fraction of sp³-hybridized carbons (Fsp3) is 0.500. The number of carbonyl (C=O) groups is 2. The molecular formula is C16H19Cl2N3O3. The Kier molecular flexibility index (Phi) is 5.06. The molecule has 0 radical (unpaired) electrons. The molecular weight excluding hydrogens is 353 g/mol. The highest BCUT2D eigenvalue weighted by Gasteiger charge is 2.32. The van der Waals surface area contributed by atoms with E-state index in [0.717, 1.165) is 18.7 Å². The van der Waals surface area contributed by atoms with Crippen molar-refractivity contribution in [3.8, 4) is 0 Å². The molecule has 2 aliphatic heterocycles. The van der Waals surface area contributed by atoms with E-state index in [-0.39, 0.29) is 18.6 Å². The van der Waals surface area contributed by atoms with Gasteiger partial charge >= 0.3 is 12.0 Å². The van der Waals surface area contributed by atoms with Crippen molar-refractivity contribution in [2.45, 2.75) is 18.9 Å². The fourth-order valence-electron chi connectivity index (χ4n) is 3.21. The lowest BCUT2D eigenvalue weighted by Crippen LogP contribution is -2.45. The zero-order valence-electron chi connectivity index (χ0n) is 13.0. The van der Waals surface area contributed by atoms with E-state index in [1.54, 1.807) is 11.0 Å². The molecule has 2 N–H and O–H groups in total. The maximum atomic E-state index is 12.3. The number of carboxylic acid groups (broad SMARTS) is 1. The summed E-state index contributed by atoms with van der Waals surface area (Å²) in [5, 5.41) is 13.0. The lowest BCUT2D eigenvalue weighted by atomic mass is 10.1. The van der Waals surface area contributed by atoms with Crippen molar-refractivity contribution in [2.75, 3.05) is 31.1 Å². The van der Waals surface area contributed by atoms with Crippen molar-refractivity contribution in [1.82, 2.24) is 10.2 Å². The van der Waals surface area contributed by atoms with Crippen molar-refractivity contribution < 1.29 is 14.7 Å². The number of rotatable bonds is 3. The van der Waals surface area contributed by atoms with E-state index < -0.39 is 11.9 Å². The van der Waals surface area contributed by atoms with Crippen LogP contribution in [0.15, 0.2) is 18.2 Å². The summed E-state index contributed by atoms with van der Waals surface area (Å²) in [6.45, 7) is 2.29. The number of halogens is 2. The highest BCUT2D eigenvalue weighted by atomic mass is 35.5. The van der Waals surface area contributed by atoms with E-state index in [1.807, 2.05) is 12.1 Å². The summed E-state index contributed by atoms with van der Waals surface area (Å²) in [6, 6.07) is 5.36. The van der Waals surface area contributed by atoms with Crippen molar-refractivity contribution in [2.24, 2.45) is 5.92 Å². The number of aliphatic carboxylic acids is 1. The highest BCUT2D eigenvalue weighted by Crippen LogP contribution is 2.29. The Hall–Kier alpha value is -1.66. The molecule has 2 aliphatic rings. The Morgan fingerprint density at radius 2 is 1.92 bits per heavy atom. The zero-order valence-corrected chi connectivity index (χ0v) is 14.6. The number of amides is 2. The second-order valence-electron chi connectivity index (χ2n) is 6.25. The molecule has 3 rings (SSSR count). The molecule has 0 bridgehead atoms. The molecule has 0 aliphatic carbocycles. The summed E-state index contributed by atoms with van der Waals surface area (Å²) in [7, 11) is 0. The van der Waals surface area contributed by atoms with Crippen LogP contribution in [0.1, 0.15) is 12.8 Å². The lowest BCUT2D eigenvalue weighted by molar-refractivity contribution is -0.141. The van der Waals surface area contributed by atoms with Crippen LogP contribution in [0.3, 0.4) is 0 Å². The number of likely N-dealkylation sites (tertiary alicyclic amines) is 1. The predicted octanol–water partition coefficient (Wildman–Crippen LogP) is 2.69. The first-order valence-corrected chi connectivity index (χ1v) is 8.68. The smallest absolute Gasteiger partial charge is 0.317 e. The number of urea groups is 1. The number of hydrogen-bond acceptors (Lipinski definition) is 3. The van der Waals surface area contributed by atoms with Gasteiger partial charge in [0.2, 0.25) is 0 Å². The maximum absolute atomic E-state index is 12.3. The van der Waals surface area contributed by atoms with Gasteiger partial charge in [0, 0.05) is 37.9 Å². The summed E-state index contributed by atoms with van der Waals surface area (Å²) in [4.78, 5) is 27.0. The Balaban J connectivity index is 1.53. The zero-order chi connectivity index (χ0) is 17.3. The molecule has 2 amide bonds. The van der Waals surface area contributed by atoms with Gasteiger partial charge in [-0.3, -0.25) is 4.79 Å². The van der Waals surface area contributed by atoms with E-state index >= 15 is 0 Å². The van der Waals surface area contributed by atoms with Crippen LogP contribution in [0, 0.1) is 5.92 Å². The van der Waals surface area contributed by atoms with Gasteiger partial charge in [-0.15, -0.1) is 0 Å². The average Bonchev–Trinajstić information content (AvgIpc) is 3.19. The van der Waals surface area contributed by atoms with Crippen LogP contribution in [0.5, 0.6) is 0 Å². The molecule has 2 heterocycles. The van der Waals surface area contributed by atoms with Crippen LogP contribution in [-0.4, -0.2) is 54.2 Å². The summed E-state index contributed by atoms with van der Waals surface area (Å²) in [5.41, 5.74) is 0.980. The average molecular weight is 372 g/mol. The van der Waals surface area contributed by atoms with Gasteiger partial charge in [-0.05, 0) is 31.0 Å². The van der Waals surface area contributed by atoms with Crippen LogP contribution in [0.2, 0.25) is 10.0 Å². The van der Waals surface area contributed by atoms with Crippen LogP contribution in [0.25, 0.3) is 0 Å². The van der Waals surface area contributed by atoms with E-state index in [4.69, 9.17) is 28.3 Å². The Morgan fingerprint density at radius 1 is 1.12 bits per heavy atom. The molecule has 2 saturated heterocycles. The minimum atomic E-state index is -0.836. The topological polar surface area (TPSA) is 72.9 Å². The van der Waals surface area contributed by atoms with E-state index in [1.165, 1.54) is 0 Å². The fourth-order valence-corrected chi connectivity index (χ4v) is 3.50. The normalized spacial score (nSPS) is 23.6. The molecule has 2 unspecified atom stereocenters. The number of hydrogen-bond donors (Lipinski definition) is 2. The number of carboxylic acids is 1. The van der Waals surface area contributed by atoms with Gasteiger partial charge < -0.3 is 20.2 Å². The van der Waals surface area contributed by atoms with Gasteiger partial charge in [-0.2, -0.15) is 0 Å². The molecule has 0 spiro atoms. The SMILES string of the molecule is O=C(O)C1CCN(C(=O)NC2CCN(c3ccc(Cl)c(Cl)c3)C2)C1. The lowest BCUT2D eigenvalue weighted by Gasteiger charge is -2.22. The largest absolute Gasteiger partial charge is 0.481 e. The summed E-state index contributed by atoms with van der Waals surface area (Å²) in [5.74, 6) is -1.29. The molecule has 0 saturated carbocycles. The van der Waals surface area contributed by atoms with Crippen LogP contribution >= 0.6 is 23.2 Å². The van der Waals surface area contributed by atoms with Gasteiger partial charge in [0.25, 0.3) is 0 Å². The third-order valence-electron chi connectivity index (χ3n) is 4.61. The monoisotopic (exact) mass is 371 g/mol. The van der Waals surface area contributed by atoms with Crippen molar-refractivity contribution >= 4 is 40.9 Å². The second kappa shape index (κ2) is 7.07. The second-order valence-corrected chi connectivity index (χ2v) is 7.06. The Bertz CT molecular complexity index is 655. The Labute approximate surface area is 150 Å². The summed E-state index contributed by atoms with van der Waals surface area (Å²) >= 11 is 12.0. The van der Waals surface area contributed by atoms with Gasteiger partial charge in [0.05, 0.1) is 16.0 Å². The third kappa shape index (κ3) is 3.70. The quantitative estimate of drug-likeness (QED) is 0.856. The van der Waals surface area contributed by atoms with Crippen molar-refractivity contribution in [3.05, 3.63) is 28.2 Å². The predicted molar refractivity (Wildman–Crippen MR) is 92.9 cm³/mol. The number of nitrogens with zero attached hydrogens (tertiary/aromatic N) is 2. The van der Waals surface area contributed by atoms with E-state index in [9.17, 15) is 9.59 Å². The number of nitrogens with one attached hydrogen (secondary N) is 1. The van der Waals surface area contributed by atoms with E-state index in [0.29, 0.717) is 29.6 Å². The summed E-state index contributed by atoms with van der Waals surface area (Å²) in [6.07, 6.45) is 1.35. The van der Waals surface area contributed by atoms with Gasteiger partial charge in [0.15, 0.2) is 0 Å². The molecule has 24 heavy (non-hydrogen) atoms. The minimum Gasteiger partial charge on any atom is -0.481 e. The number of anilines is 1. The molecule has 0 aromatic heterocycles. The standard InChI is InChI=1S/C16H19Cl2N3O3/c17-13-2-1-12(7-14(13)18)20-6-4-11(9-20)19-16(24)21-5-3-10(8-21)15(22)23/h1-2,7,10-11H,3-6,8-9H2,(H,19,24)(H,22,23).